The van der Waals surface area contributed by atoms with Crippen LogP contribution in [0.4, 0.5) is 17.3 Å². The molecule has 0 bridgehead atoms. The molecule has 198 valence electrons. The number of aromatic nitrogens is 2. The molecule has 0 atom stereocenters. The van der Waals surface area contributed by atoms with E-state index in [1.54, 1.807) is 30.5 Å². The molecule has 39 heavy (non-hydrogen) atoms. The van der Waals surface area contributed by atoms with Gasteiger partial charge < -0.3 is 10.1 Å². The first-order valence-electron chi connectivity index (χ1n) is 12.0. The molecule has 0 spiro atoms. The molecule has 5 rings (SSSR count). The van der Waals surface area contributed by atoms with Gasteiger partial charge in [0.15, 0.2) is 0 Å². The zero-order valence-electron chi connectivity index (χ0n) is 20.9. The Labute approximate surface area is 237 Å². The second-order valence-corrected chi connectivity index (χ2v) is 11.7. The van der Waals surface area contributed by atoms with E-state index in [1.165, 1.54) is 0 Å². The lowest BCUT2D eigenvalue weighted by Gasteiger charge is -2.18. The van der Waals surface area contributed by atoms with Crippen LogP contribution in [0.25, 0.3) is 22.0 Å². The number of anilines is 3. The number of ether oxygens (including phenoxy) is 1. The highest BCUT2D eigenvalue weighted by molar-refractivity contribution is 7.95. The van der Waals surface area contributed by atoms with Crippen LogP contribution >= 0.6 is 23.4 Å². The van der Waals surface area contributed by atoms with Crippen molar-refractivity contribution in [2.75, 3.05) is 14.4 Å². The Morgan fingerprint density at radius 2 is 1.64 bits per heavy atom. The minimum absolute atomic E-state index is 0.199. The number of para-hydroxylation sites is 2. The van der Waals surface area contributed by atoms with Gasteiger partial charge in [-0.25, -0.2) is 18.4 Å². The van der Waals surface area contributed by atoms with E-state index in [4.69, 9.17) is 28.1 Å². The Kier molecular flexibility index (Phi) is 7.88. The fourth-order valence-corrected chi connectivity index (χ4v) is 5.39. The third-order valence-corrected chi connectivity index (χ3v) is 8.68. The number of fused-ring (bicyclic) bond motifs is 1. The van der Waals surface area contributed by atoms with Crippen molar-refractivity contribution in [3.63, 3.8) is 0 Å². The standard InChI is InChI=1S/C29H24Cl2N4O3S/c1-20-9-5-6-12-23(20)24-15-22-17-32-29(33-25-13-7-8-14-27(25)35(31)39(36,37)19-30)34-26(22)16-28(24)38-18-21-10-3-2-4-11-21/h2-17H,18-19H2,1H3,(H,32,33,34). The largest absolute Gasteiger partial charge is 0.488 e. The van der Waals surface area contributed by atoms with Crippen molar-refractivity contribution in [1.29, 1.82) is 0 Å². The summed E-state index contributed by atoms with van der Waals surface area (Å²) in [4.78, 5) is 9.15. The van der Waals surface area contributed by atoms with Gasteiger partial charge in [0.1, 0.15) is 17.6 Å². The van der Waals surface area contributed by atoms with Gasteiger partial charge in [-0.1, -0.05) is 66.7 Å². The van der Waals surface area contributed by atoms with Gasteiger partial charge >= 0.3 is 0 Å². The zero-order chi connectivity index (χ0) is 27.4. The van der Waals surface area contributed by atoms with Crippen molar-refractivity contribution in [1.82, 2.24) is 9.97 Å². The fourth-order valence-electron chi connectivity index (χ4n) is 4.11. The molecule has 0 unspecified atom stereocenters. The number of nitrogens with one attached hydrogen (secondary N) is 1. The minimum Gasteiger partial charge on any atom is -0.488 e. The van der Waals surface area contributed by atoms with Crippen molar-refractivity contribution in [2.45, 2.75) is 13.5 Å². The predicted octanol–water partition coefficient (Wildman–Crippen LogP) is 7.41. The average Bonchev–Trinajstić information content (AvgIpc) is 2.96. The van der Waals surface area contributed by atoms with Crippen LogP contribution in [0, 0.1) is 6.92 Å². The molecule has 0 saturated carbocycles. The summed E-state index contributed by atoms with van der Waals surface area (Å²) in [7, 11) is -3.90. The van der Waals surface area contributed by atoms with Crippen LogP contribution in [0.3, 0.4) is 0 Å². The highest BCUT2D eigenvalue weighted by Gasteiger charge is 2.22. The molecule has 5 aromatic rings. The van der Waals surface area contributed by atoms with Crippen LogP contribution in [-0.4, -0.2) is 23.6 Å². The molecule has 7 nitrogen and oxygen atoms in total. The Bertz CT molecular complexity index is 1730. The summed E-state index contributed by atoms with van der Waals surface area (Å²) in [6, 6.07) is 28.6. The first kappa shape index (κ1) is 26.7. The summed E-state index contributed by atoms with van der Waals surface area (Å²) in [6.45, 7) is 2.46. The van der Waals surface area contributed by atoms with E-state index in [-0.39, 0.29) is 11.6 Å². The molecule has 0 amide bonds. The summed E-state index contributed by atoms with van der Waals surface area (Å²) >= 11 is 11.7. The quantitative estimate of drug-likeness (QED) is 0.145. The zero-order valence-corrected chi connectivity index (χ0v) is 23.2. The van der Waals surface area contributed by atoms with E-state index in [9.17, 15) is 8.42 Å². The molecule has 1 N–H and O–H groups in total. The Morgan fingerprint density at radius 3 is 2.41 bits per heavy atom. The van der Waals surface area contributed by atoms with E-state index in [2.05, 4.69) is 34.3 Å². The van der Waals surface area contributed by atoms with Crippen LogP contribution in [0.5, 0.6) is 5.75 Å². The van der Waals surface area contributed by atoms with Crippen molar-refractivity contribution >= 4 is 61.6 Å². The lowest BCUT2D eigenvalue weighted by atomic mass is 9.98. The summed E-state index contributed by atoms with van der Waals surface area (Å²) in [6.07, 6.45) is 1.71. The molecule has 0 radical (unpaired) electrons. The number of sulfonamides is 1. The van der Waals surface area contributed by atoms with Gasteiger partial charge in [-0.15, -0.1) is 11.6 Å². The van der Waals surface area contributed by atoms with Crippen LogP contribution < -0.4 is 13.9 Å². The molecule has 0 aliphatic rings. The number of rotatable bonds is 9. The molecule has 0 aliphatic carbocycles. The summed E-state index contributed by atoms with van der Waals surface area (Å²) in [5.41, 5.74) is 5.42. The number of benzene rings is 4. The SMILES string of the molecule is Cc1ccccc1-c1cc2cnc(Nc3ccccc3N(Cl)S(=O)(=O)CCl)nc2cc1OCc1ccccc1. The second kappa shape index (κ2) is 11.5. The maximum Gasteiger partial charge on any atom is 0.263 e. The van der Waals surface area contributed by atoms with Crippen LogP contribution in [0.1, 0.15) is 11.1 Å². The van der Waals surface area contributed by atoms with Crippen LogP contribution in [0.15, 0.2) is 97.2 Å². The first-order chi connectivity index (χ1) is 18.9. The highest BCUT2D eigenvalue weighted by Crippen LogP contribution is 2.37. The van der Waals surface area contributed by atoms with Gasteiger partial charge in [0.05, 0.1) is 16.9 Å². The number of hydrogen-bond acceptors (Lipinski definition) is 6. The lowest BCUT2D eigenvalue weighted by molar-refractivity contribution is 0.308. The average molecular weight is 580 g/mol. The summed E-state index contributed by atoms with van der Waals surface area (Å²) < 4.78 is 31.4. The van der Waals surface area contributed by atoms with Crippen molar-refractivity contribution in [2.24, 2.45) is 0 Å². The first-order valence-corrected chi connectivity index (χ1v) is 14.5. The second-order valence-electron chi connectivity index (χ2n) is 8.77. The molecule has 0 saturated heterocycles. The van der Waals surface area contributed by atoms with Crippen LogP contribution in [-0.2, 0) is 16.6 Å². The molecular formula is C29H24Cl2N4O3S. The third kappa shape index (κ3) is 5.93. The number of nitrogens with zero attached hydrogens (tertiary/aromatic N) is 3. The van der Waals surface area contributed by atoms with E-state index in [1.807, 2.05) is 54.6 Å². The maximum absolute atomic E-state index is 12.2. The molecule has 0 aliphatic heterocycles. The topological polar surface area (TPSA) is 84.4 Å². The van der Waals surface area contributed by atoms with Gasteiger partial charge in [0, 0.05) is 35.0 Å². The monoisotopic (exact) mass is 578 g/mol. The van der Waals surface area contributed by atoms with Gasteiger partial charge in [-0.2, -0.15) is 3.82 Å². The van der Waals surface area contributed by atoms with E-state index in [0.717, 1.165) is 27.6 Å². The number of aryl methyl sites for hydroxylation is 1. The number of halogens is 2. The highest BCUT2D eigenvalue weighted by atomic mass is 35.5. The molecular weight excluding hydrogens is 555 g/mol. The molecule has 0 fully saturated rings. The number of hydrogen-bond donors (Lipinski definition) is 1. The van der Waals surface area contributed by atoms with Gasteiger partial charge in [-0.3, -0.25) is 0 Å². The van der Waals surface area contributed by atoms with Crippen molar-refractivity contribution in [3.05, 3.63) is 108 Å². The molecule has 1 aromatic heterocycles. The van der Waals surface area contributed by atoms with Crippen molar-refractivity contribution in [3.8, 4) is 16.9 Å². The predicted molar refractivity (Wildman–Crippen MR) is 158 cm³/mol. The lowest BCUT2D eigenvalue weighted by Crippen LogP contribution is -2.22. The minimum atomic E-state index is -3.90. The Morgan fingerprint density at radius 1 is 0.923 bits per heavy atom. The van der Waals surface area contributed by atoms with E-state index < -0.39 is 15.2 Å². The third-order valence-electron chi connectivity index (χ3n) is 6.08. The molecule has 10 heteroatoms. The van der Waals surface area contributed by atoms with Gasteiger partial charge in [0.25, 0.3) is 10.0 Å². The fraction of sp³-hybridized carbons (Fsp3) is 0.103. The summed E-state index contributed by atoms with van der Waals surface area (Å²) in [5.74, 6) is 0.951. The van der Waals surface area contributed by atoms with E-state index in [0.29, 0.717) is 27.4 Å². The Hall–Kier alpha value is -3.85. The van der Waals surface area contributed by atoms with Crippen molar-refractivity contribution < 1.29 is 13.2 Å². The maximum atomic E-state index is 12.2. The smallest absolute Gasteiger partial charge is 0.263 e. The molecule has 1 heterocycles. The van der Waals surface area contributed by atoms with Crippen LogP contribution in [0.2, 0.25) is 0 Å². The normalized spacial score (nSPS) is 11.4. The number of alkyl halides is 1. The Balaban J connectivity index is 1.54. The van der Waals surface area contributed by atoms with Gasteiger partial charge in [0.2, 0.25) is 5.95 Å². The van der Waals surface area contributed by atoms with E-state index >= 15 is 0 Å². The molecule has 4 aromatic carbocycles. The summed E-state index contributed by atoms with van der Waals surface area (Å²) in [5, 5.41) is 3.24. The van der Waals surface area contributed by atoms with Gasteiger partial charge in [-0.05, 0) is 41.8 Å².